The number of rotatable bonds is 3. The lowest BCUT2D eigenvalue weighted by atomic mass is 10.1. The van der Waals surface area contributed by atoms with Crippen molar-refractivity contribution < 1.29 is 9.53 Å². The second-order valence-corrected chi connectivity index (χ2v) is 4.48. The van der Waals surface area contributed by atoms with Crippen LogP contribution in [0.5, 0.6) is 0 Å². The standard InChI is InChI=1S/C13H11NO2S/c1-2-16-13(15)6-10-8-17-12-4-3-9(7-14)5-11(10)12/h3-5,8H,2,6H2,1H3. The predicted molar refractivity (Wildman–Crippen MR) is 66.9 cm³/mol. The van der Waals surface area contributed by atoms with Crippen LogP contribution in [0.15, 0.2) is 23.6 Å². The van der Waals surface area contributed by atoms with Crippen LogP contribution in [0.25, 0.3) is 10.1 Å². The van der Waals surface area contributed by atoms with Gasteiger partial charge in [-0.3, -0.25) is 4.79 Å². The van der Waals surface area contributed by atoms with Gasteiger partial charge in [-0.25, -0.2) is 0 Å². The maximum absolute atomic E-state index is 11.4. The molecule has 2 rings (SSSR count). The minimum Gasteiger partial charge on any atom is -0.466 e. The fourth-order valence-electron chi connectivity index (χ4n) is 1.66. The Morgan fingerprint density at radius 3 is 3.06 bits per heavy atom. The number of nitriles is 1. The minimum absolute atomic E-state index is 0.227. The van der Waals surface area contributed by atoms with Gasteiger partial charge in [0.1, 0.15) is 0 Å². The van der Waals surface area contributed by atoms with Crippen LogP contribution in [0.2, 0.25) is 0 Å². The molecule has 86 valence electrons. The van der Waals surface area contributed by atoms with Crippen molar-refractivity contribution in [3.63, 3.8) is 0 Å². The molecule has 0 fully saturated rings. The molecule has 17 heavy (non-hydrogen) atoms. The van der Waals surface area contributed by atoms with Crippen molar-refractivity contribution in [2.75, 3.05) is 6.61 Å². The van der Waals surface area contributed by atoms with Crippen LogP contribution in [0.4, 0.5) is 0 Å². The largest absolute Gasteiger partial charge is 0.466 e. The van der Waals surface area contributed by atoms with E-state index in [1.54, 1.807) is 24.3 Å². The third kappa shape index (κ3) is 2.45. The molecule has 0 bridgehead atoms. The fourth-order valence-corrected chi connectivity index (χ4v) is 2.60. The van der Waals surface area contributed by atoms with Crippen LogP contribution in [0.1, 0.15) is 18.1 Å². The number of hydrogen-bond acceptors (Lipinski definition) is 4. The monoisotopic (exact) mass is 245 g/mol. The Bertz CT molecular complexity index is 595. The van der Waals surface area contributed by atoms with Crippen molar-refractivity contribution >= 4 is 27.4 Å². The van der Waals surface area contributed by atoms with Gasteiger partial charge in [-0.1, -0.05) is 0 Å². The topological polar surface area (TPSA) is 50.1 Å². The number of hydrogen-bond donors (Lipinski definition) is 0. The van der Waals surface area contributed by atoms with Gasteiger partial charge in [0, 0.05) is 4.70 Å². The quantitative estimate of drug-likeness (QED) is 0.781. The van der Waals surface area contributed by atoms with Crippen LogP contribution in [0.3, 0.4) is 0 Å². The summed E-state index contributed by atoms with van der Waals surface area (Å²) in [4.78, 5) is 11.4. The molecule has 0 unspecified atom stereocenters. The number of esters is 1. The van der Waals surface area contributed by atoms with Crippen molar-refractivity contribution in [2.24, 2.45) is 0 Å². The number of ether oxygens (including phenoxy) is 1. The van der Waals surface area contributed by atoms with Gasteiger partial charge in [-0.05, 0) is 41.5 Å². The van der Waals surface area contributed by atoms with Gasteiger partial charge in [0.2, 0.25) is 0 Å². The molecule has 0 radical (unpaired) electrons. The first-order valence-corrected chi connectivity index (χ1v) is 6.18. The molecule has 0 N–H and O–H groups in total. The molecule has 3 nitrogen and oxygen atoms in total. The molecule has 1 heterocycles. The molecule has 2 aromatic rings. The molecule has 1 aromatic carbocycles. The van der Waals surface area contributed by atoms with Gasteiger partial charge in [0.25, 0.3) is 0 Å². The Morgan fingerprint density at radius 2 is 2.35 bits per heavy atom. The van der Waals surface area contributed by atoms with E-state index < -0.39 is 0 Å². The van der Waals surface area contributed by atoms with Crippen LogP contribution < -0.4 is 0 Å². The number of fused-ring (bicyclic) bond motifs is 1. The Hall–Kier alpha value is -1.86. The van der Waals surface area contributed by atoms with E-state index in [0.29, 0.717) is 12.2 Å². The van der Waals surface area contributed by atoms with Crippen molar-refractivity contribution in [1.82, 2.24) is 0 Å². The molecule has 0 atom stereocenters. The van der Waals surface area contributed by atoms with E-state index in [9.17, 15) is 4.79 Å². The van der Waals surface area contributed by atoms with E-state index in [-0.39, 0.29) is 12.4 Å². The zero-order valence-corrected chi connectivity index (χ0v) is 10.2. The van der Waals surface area contributed by atoms with E-state index in [1.165, 1.54) is 0 Å². The second-order valence-electron chi connectivity index (χ2n) is 3.57. The highest BCUT2D eigenvalue weighted by atomic mass is 32.1. The average molecular weight is 245 g/mol. The zero-order chi connectivity index (χ0) is 12.3. The first-order chi connectivity index (χ1) is 8.24. The molecule has 4 heteroatoms. The summed E-state index contributed by atoms with van der Waals surface area (Å²) in [5, 5.41) is 11.8. The number of thiophene rings is 1. The highest BCUT2D eigenvalue weighted by Crippen LogP contribution is 2.27. The average Bonchev–Trinajstić information content (AvgIpc) is 2.72. The molecule has 0 aliphatic heterocycles. The van der Waals surface area contributed by atoms with Crippen molar-refractivity contribution in [2.45, 2.75) is 13.3 Å². The van der Waals surface area contributed by atoms with Gasteiger partial charge in [0.05, 0.1) is 24.7 Å². The van der Waals surface area contributed by atoms with Gasteiger partial charge in [0.15, 0.2) is 0 Å². The molecule has 0 spiro atoms. The lowest BCUT2D eigenvalue weighted by Crippen LogP contribution is -2.06. The zero-order valence-electron chi connectivity index (χ0n) is 9.40. The summed E-state index contributed by atoms with van der Waals surface area (Å²) >= 11 is 1.58. The third-order valence-electron chi connectivity index (χ3n) is 2.42. The van der Waals surface area contributed by atoms with Crippen LogP contribution in [-0.4, -0.2) is 12.6 Å². The molecular formula is C13H11NO2S. The smallest absolute Gasteiger partial charge is 0.310 e. The van der Waals surface area contributed by atoms with E-state index in [2.05, 4.69) is 6.07 Å². The van der Waals surface area contributed by atoms with Crippen LogP contribution in [0, 0.1) is 11.3 Å². The number of carbonyl (C=O) groups excluding carboxylic acids is 1. The number of nitrogens with zero attached hydrogens (tertiary/aromatic N) is 1. The Labute approximate surface area is 103 Å². The summed E-state index contributed by atoms with van der Waals surface area (Å²) in [7, 11) is 0. The minimum atomic E-state index is -0.227. The first-order valence-electron chi connectivity index (χ1n) is 5.30. The molecule has 0 saturated heterocycles. The lowest BCUT2D eigenvalue weighted by molar-refractivity contribution is -0.142. The van der Waals surface area contributed by atoms with Crippen LogP contribution in [-0.2, 0) is 16.0 Å². The van der Waals surface area contributed by atoms with E-state index in [0.717, 1.165) is 15.6 Å². The highest BCUT2D eigenvalue weighted by molar-refractivity contribution is 7.17. The molecular weight excluding hydrogens is 234 g/mol. The first kappa shape index (κ1) is 11.6. The molecule has 0 saturated carbocycles. The van der Waals surface area contributed by atoms with Gasteiger partial charge < -0.3 is 4.74 Å². The number of benzene rings is 1. The van der Waals surface area contributed by atoms with Crippen LogP contribution >= 0.6 is 11.3 Å². The van der Waals surface area contributed by atoms with Gasteiger partial charge >= 0.3 is 5.97 Å². The summed E-state index contributed by atoms with van der Waals surface area (Å²) in [6.45, 7) is 2.18. The van der Waals surface area contributed by atoms with Gasteiger partial charge in [-0.15, -0.1) is 11.3 Å². The molecule has 0 amide bonds. The Balaban J connectivity index is 2.35. The fraction of sp³-hybridized carbons (Fsp3) is 0.231. The lowest BCUT2D eigenvalue weighted by Gasteiger charge is -2.00. The second kappa shape index (κ2) is 4.98. The maximum Gasteiger partial charge on any atom is 0.310 e. The molecule has 0 aliphatic carbocycles. The van der Waals surface area contributed by atoms with E-state index in [1.807, 2.05) is 17.5 Å². The summed E-state index contributed by atoms with van der Waals surface area (Å²) in [5.41, 5.74) is 1.54. The maximum atomic E-state index is 11.4. The Morgan fingerprint density at radius 1 is 1.53 bits per heavy atom. The molecule has 1 aromatic heterocycles. The summed E-state index contributed by atoms with van der Waals surface area (Å²) in [6, 6.07) is 7.62. The summed E-state index contributed by atoms with van der Waals surface area (Å²) < 4.78 is 6.01. The number of carbonyl (C=O) groups is 1. The predicted octanol–water partition coefficient (Wildman–Crippen LogP) is 2.88. The van der Waals surface area contributed by atoms with Crippen molar-refractivity contribution in [3.05, 3.63) is 34.7 Å². The summed E-state index contributed by atoms with van der Waals surface area (Å²) in [5.74, 6) is -0.227. The van der Waals surface area contributed by atoms with Crippen molar-refractivity contribution in [1.29, 1.82) is 5.26 Å². The summed E-state index contributed by atoms with van der Waals surface area (Å²) in [6.07, 6.45) is 0.267. The SMILES string of the molecule is CCOC(=O)Cc1csc2ccc(C#N)cc12. The highest BCUT2D eigenvalue weighted by Gasteiger charge is 2.10. The normalized spacial score (nSPS) is 10.1. The van der Waals surface area contributed by atoms with Crippen molar-refractivity contribution in [3.8, 4) is 6.07 Å². The van der Waals surface area contributed by atoms with E-state index >= 15 is 0 Å². The molecule has 0 aliphatic rings. The Kier molecular flexibility index (Phi) is 3.40. The van der Waals surface area contributed by atoms with Gasteiger partial charge in [-0.2, -0.15) is 5.26 Å². The van der Waals surface area contributed by atoms with E-state index in [4.69, 9.17) is 10.00 Å². The third-order valence-corrected chi connectivity index (χ3v) is 3.44.